The van der Waals surface area contributed by atoms with Gasteiger partial charge in [0.15, 0.2) is 11.5 Å². The molecule has 1 spiro atoms. The van der Waals surface area contributed by atoms with E-state index in [0.717, 1.165) is 43.4 Å². The summed E-state index contributed by atoms with van der Waals surface area (Å²) in [6.07, 6.45) is 5.03. The van der Waals surface area contributed by atoms with Crippen LogP contribution in [0.4, 0.5) is 5.69 Å². The Hall–Kier alpha value is -3.02. The van der Waals surface area contributed by atoms with Gasteiger partial charge in [-0.3, -0.25) is 9.59 Å². The third-order valence-electron chi connectivity index (χ3n) is 6.38. The molecule has 30 heavy (non-hydrogen) atoms. The van der Waals surface area contributed by atoms with Crippen LogP contribution in [0, 0.1) is 0 Å². The summed E-state index contributed by atoms with van der Waals surface area (Å²) in [6.45, 7) is 2.20. The van der Waals surface area contributed by atoms with E-state index in [-0.39, 0.29) is 24.3 Å². The van der Waals surface area contributed by atoms with Crippen molar-refractivity contribution in [3.8, 4) is 11.5 Å². The van der Waals surface area contributed by atoms with Gasteiger partial charge in [-0.15, -0.1) is 0 Å². The molecule has 1 unspecified atom stereocenters. The van der Waals surface area contributed by atoms with Gasteiger partial charge in [0.25, 0.3) is 5.79 Å². The quantitative estimate of drug-likeness (QED) is 0.829. The second-order valence-corrected chi connectivity index (χ2v) is 8.41. The first-order valence-electron chi connectivity index (χ1n) is 10.7. The zero-order valence-electron chi connectivity index (χ0n) is 17.1. The molecule has 1 aliphatic carbocycles. The Morgan fingerprint density at radius 2 is 1.87 bits per heavy atom. The normalized spacial score (nSPS) is 20.8. The Morgan fingerprint density at radius 3 is 2.67 bits per heavy atom. The molecule has 6 heteroatoms. The molecule has 2 aliphatic heterocycles. The molecule has 2 aromatic rings. The second-order valence-electron chi connectivity index (χ2n) is 8.41. The van der Waals surface area contributed by atoms with Crippen LogP contribution in [0.25, 0.3) is 0 Å². The summed E-state index contributed by atoms with van der Waals surface area (Å²) >= 11 is 0. The number of carbonyl (C=O) groups excluding carboxylic acids is 2. The maximum Gasteiger partial charge on any atom is 0.251 e. The van der Waals surface area contributed by atoms with Crippen LogP contribution in [0.1, 0.15) is 56.2 Å². The smallest absolute Gasteiger partial charge is 0.251 e. The number of anilines is 1. The van der Waals surface area contributed by atoms with E-state index in [0.29, 0.717) is 18.0 Å². The number of nitrogens with one attached hydrogen (secondary N) is 1. The zero-order chi connectivity index (χ0) is 20.7. The van der Waals surface area contributed by atoms with Crippen molar-refractivity contribution in [2.75, 3.05) is 11.9 Å². The topological polar surface area (TPSA) is 67.9 Å². The molecule has 2 amide bonds. The summed E-state index contributed by atoms with van der Waals surface area (Å²) in [5.74, 6) is 0.769. The Bertz CT molecular complexity index is 996. The Balaban J connectivity index is 1.31. The minimum absolute atomic E-state index is 0.00718. The van der Waals surface area contributed by atoms with Crippen molar-refractivity contribution >= 4 is 17.5 Å². The van der Waals surface area contributed by atoms with Crippen LogP contribution >= 0.6 is 0 Å². The molecule has 1 atom stereocenters. The number of rotatable bonds is 3. The van der Waals surface area contributed by atoms with Gasteiger partial charge in [0, 0.05) is 38.1 Å². The monoisotopic (exact) mass is 406 g/mol. The molecule has 156 valence electrons. The van der Waals surface area contributed by atoms with Crippen molar-refractivity contribution < 1.29 is 19.1 Å². The maximum atomic E-state index is 12.9. The Morgan fingerprint density at radius 1 is 1.10 bits per heavy atom. The molecule has 0 radical (unpaired) electrons. The number of fused-ring (bicyclic) bond motifs is 2. The van der Waals surface area contributed by atoms with Crippen molar-refractivity contribution in [3.05, 3.63) is 53.6 Å². The highest BCUT2D eigenvalue weighted by Gasteiger charge is 2.44. The standard InChI is InChI=1S/C24H26N2O4/c1-16(27)26-13-10-17-6-2-3-7-19(17)20(26)15-23(28)25-18-8-9-21-22(14-18)30-24(29-21)11-4-5-12-24/h2-3,6-9,14,20H,4-5,10-13,15H2,1H3,(H,25,28). The van der Waals surface area contributed by atoms with Crippen LogP contribution < -0.4 is 14.8 Å². The van der Waals surface area contributed by atoms with Crippen LogP contribution in [-0.2, 0) is 16.0 Å². The predicted octanol–water partition coefficient (Wildman–Crippen LogP) is 4.20. The average molecular weight is 406 g/mol. The SMILES string of the molecule is CC(=O)N1CCc2ccccc2C1CC(=O)Nc1ccc2c(c1)OC1(CCCC1)O2. The van der Waals surface area contributed by atoms with Crippen molar-refractivity contribution in [2.45, 2.75) is 57.3 Å². The van der Waals surface area contributed by atoms with Gasteiger partial charge in [0.05, 0.1) is 12.5 Å². The van der Waals surface area contributed by atoms with Crippen LogP contribution in [0.2, 0.25) is 0 Å². The first-order chi connectivity index (χ1) is 14.5. The fraction of sp³-hybridized carbons (Fsp3) is 0.417. The highest BCUT2D eigenvalue weighted by Crippen LogP contribution is 2.47. The summed E-state index contributed by atoms with van der Waals surface area (Å²) in [5.41, 5.74) is 2.94. The van der Waals surface area contributed by atoms with E-state index in [2.05, 4.69) is 11.4 Å². The Labute approximate surface area is 176 Å². The van der Waals surface area contributed by atoms with Gasteiger partial charge in [-0.05, 0) is 42.5 Å². The fourth-order valence-corrected chi connectivity index (χ4v) is 4.93. The molecule has 0 saturated heterocycles. The summed E-state index contributed by atoms with van der Waals surface area (Å²) in [6, 6.07) is 13.3. The molecule has 6 nitrogen and oxygen atoms in total. The lowest BCUT2D eigenvalue weighted by Gasteiger charge is -2.36. The molecule has 1 N–H and O–H groups in total. The molecule has 1 fully saturated rings. The largest absolute Gasteiger partial charge is 0.448 e. The highest BCUT2D eigenvalue weighted by molar-refractivity contribution is 5.92. The van der Waals surface area contributed by atoms with E-state index in [9.17, 15) is 9.59 Å². The highest BCUT2D eigenvalue weighted by atomic mass is 16.7. The van der Waals surface area contributed by atoms with Crippen LogP contribution in [0.3, 0.4) is 0 Å². The minimum Gasteiger partial charge on any atom is -0.448 e. The van der Waals surface area contributed by atoms with Gasteiger partial charge >= 0.3 is 0 Å². The number of benzene rings is 2. The van der Waals surface area contributed by atoms with Crippen molar-refractivity contribution in [3.63, 3.8) is 0 Å². The van der Waals surface area contributed by atoms with E-state index >= 15 is 0 Å². The summed E-state index contributed by atoms with van der Waals surface area (Å²) in [4.78, 5) is 26.9. The number of hydrogen-bond acceptors (Lipinski definition) is 4. The number of carbonyl (C=O) groups is 2. The maximum absolute atomic E-state index is 12.9. The Kier molecular flexibility index (Phi) is 4.65. The molecule has 2 aromatic carbocycles. The molecule has 0 aromatic heterocycles. The summed E-state index contributed by atoms with van der Waals surface area (Å²) in [5, 5.41) is 2.98. The third-order valence-corrected chi connectivity index (χ3v) is 6.38. The molecule has 1 saturated carbocycles. The van der Waals surface area contributed by atoms with Gasteiger partial charge in [-0.2, -0.15) is 0 Å². The van der Waals surface area contributed by atoms with Crippen molar-refractivity contribution in [1.82, 2.24) is 4.90 Å². The molecular formula is C24H26N2O4. The van der Waals surface area contributed by atoms with E-state index in [1.165, 1.54) is 5.56 Å². The van der Waals surface area contributed by atoms with E-state index in [1.54, 1.807) is 11.8 Å². The first kappa shape index (κ1) is 19.0. The molecule has 5 rings (SSSR count). The molecular weight excluding hydrogens is 380 g/mol. The number of ether oxygens (including phenoxy) is 2. The van der Waals surface area contributed by atoms with Crippen LogP contribution in [0.15, 0.2) is 42.5 Å². The van der Waals surface area contributed by atoms with Crippen molar-refractivity contribution in [2.24, 2.45) is 0 Å². The zero-order valence-corrected chi connectivity index (χ0v) is 17.1. The van der Waals surface area contributed by atoms with Gasteiger partial charge < -0.3 is 19.7 Å². The lowest BCUT2D eigenvalue weighted by Crippen LogP contribution is -2.40. The van der Waals surface area contributed by atoms with Gasteiger partial charge in [0.2, 0.25) is 11.8 Å². The van der Waals surface area contributed by atoms with E-state index < -0.39 is 5.79 Å². The number of hydrogen-bond donors (Lipinski definition) is 1. The van der Waals surface area contributed by atoms with E-state index in [1.807, 2.05) is 36.4 Å². The predicted molar refractivity (Wildman–Crippen MR) is 112 cm³/mol. The van der Waals surface area contributed by atoms with Crippen molar-refractivity contribution in [1.29, 1.82) is 0 Å². The lowest BCUT2D eigenvalue weighted by molar-refractivity contribution is -0.132. The molecule has 3 aliphatic rings. The van der Waals surface area contributed by atoms with Gasteiger partial charge in [-0.25, -0.2) is 0 Å². The summed E-state index contributed by atoms with van der Waals surface area (Å²) < 4.78 is 12.1. The van der Waals surface area contributed by atoms with Gasteiger partial charge in [-0.1, -0.05) is 24.3 Å². The molecule has 0 bridgehead atoms. The molecule has 2 heterocycles. The fourth-order valence-electron chi connectivity index (χ4n) is 4.93. The second kappa shape index (κ2) is 7.35. The lowest BCUT2D eigenvalue weighted by atomic mass is 9.90. The number of nitrogens with zero attached hydrogens (tertiary/aromatic N) is 1. The third kappa shape index (κ3) is 3.40. The minimum atomic E-state index is -0.515. The average Bonchev–Trinajstić information content (AvgIpc) is 3.33. The summed E-state index contributed by atoms with van der Waals surface area (Å²) in [7, 11) is 0. The number of amides is 2. The van der Waals surface area contributed by atoms with Crippen LogP contribution in [0.5, 0.6) is 11.5 Å². The van der Waals surface area contributed by atoms with E-state index in [4.69, 9.17) is 9.47 Å². The van der Waals surface area contributed by atoms with Crippen LogP contribution in [-0.4, -0.2) is 29.0 Å². The van der Waals surface area contributed by atoms with Gasteiger partial charge in [0.1, 0.15) is 0 Å². The first-order valence-corrected chi connectivity index (χ1v) is 10.7.